The molecule has 1 N–H and O–H groups in total. The largest absolute Gasteiger partial charge is 0.380 e. The minimum atomic E-state index is 0.789. The van der Waals surface area contributed by atoms with Gasteiger partial charge in [-0.1, -0.05) is 31.5 Å². The fraction of sp³-hybridized carbons (Fsp3) is 0.500. The molecule has 0 spiro atoms. The molecule has 0 amide bonds. The Balaban J connectivity index is 2.05. The summed E-state index contributed by atoms with van der Waals surface area (Å²) in [5.41, 5.74) is 2.68. The number of aromatic nitrogens is 1. The second-order valence-electron chi connectivity index (χ2n) is 4.86. The average molecular weight is 260 g/mol. The lowest BCUT2D eigenvalue weighted by Crippen LogP contribution is -2.10. The number of fused-ring (bicyclic) bond motifs is 1. The molecular weight excluding hydrogens is 236 g/mol. The third-order valence-electron chi connectivity index (χ3n) is 3.36. The van der Waals surface area contributed by atoms with Gasteiger partial charge >= 0.3 is 0 Å². The van der Waals surface area contributed by atoms with E-state index in [1.54, 1.807) is 0 Å². The molecule has 0 aliphatic carbocycles. The number of unbranched alkanes of at least 4 members (excludes halogenated alkanes) is 1. The van der Waals surface area contributed by atoms with Gasteiger partial charge in [0.1, 0.15) is 0 Å². The zero-order chi connectivity index (χ0) is 13.5. The molecule has 2 rings (SSSR count). The number of nitrogens with one attached hydrogen (secondary N) is 1. The SMILES string of the molecule is CCCCOCCn1ccc2cccc(CNC)c21. The van der Waals surface area contributed by atoms with E-state index in [4.69, 9.17) is 4.74 Å². The van der Waals surface area contributed by atoms with E-state index in [9.17, 15) is 0 Å². The molecule has 19 heavy (non-hydrogen) atoms. The topological polar surface area (TPSA) is 26.2 Å². The first-order valence-corrected chi connectivity index (χ1v) is 7.16. The number of hydrogen-bond acceptors (Lipinski definition) is 2. The summed E-state index contributed by atoms with van der Waals surface area (Å²) in [7, 11) is 1.99. The Morgan fingerprint density at radius 3 is 2.89 bits per heavy atom. The Morgan fingerprint density at radius 1 is 1.21 bits per heavy atom. The summed E-state index contributed by atoms with van der Waals surface area (Å²) >= 11 is 0. The molecule has 1 aromatic carbocycles. The van der Waals surface area contributed by atoms with Crippen molar-refractivity contribution in [3.8, 4) is 0 Å². The van der Waals surface area contributed by atoms with Crippen molar-refractivity contribution in [2.75, 3.05) is 20.3 Å². The summed E-state index contributed by atoms with van der Waals surface area (Å²) in [5, 5.41) is 4.54. The van der Waals surface area contributed by atoms with Gasteiger partial charge in [0.25, 0.3) is 0 Å². The molecule has 1 heterocycles. The van der Waals surface area contributed by atoms with Gasteiger partial charge < -0.3 is 14.6 Å². The zero-order valence-corrected chi connectivity index (χ0v) is 12.0. The maximum absolute atomic E-state index is 5.66. The summed E-state index contributed by atoms with van der Waals surface area (Å²) in [6.07, 6.45) is 4.50. The molecule has 0 aliphatic rings. The van der Waals surface area contributed by atoms with E-state index >= 15 is 0 Å². The third kappa shape index (κ3) is 3.58. The molecule has 1 aromatic heterocycles. The van der Waals surface area contributed by atoms with Crippen LogP contribution >= 0.6 is 0 Å². The van der Waals surface area contributed by atoms with Crippen LogP contribution in [-0.4, -0.2) is 24.8 Å². The van der Waals surface area contributed by atoms with Crippen molar-refractivity contribution in [2.45, 2.75) is 32.9 Å². The maximum atomic E-state index is 5.66. The van der Waals surface area contributed by atoms with E-state index in [0.717, 1.165) is 32.7 Å². The fourth-order valence-corrected chi connectivity index (χ4v) is 2.37. The van der Waals surface area contributed by atoms with Crippen LogP contribution in [0.4, 0.5) is 0 Å². The summed E-state index contributed by atoms with van der Waals surface area (Å²) in [4.78, 5) is 0. The van der Waals surface area contributed by atoms with Gasteiger partial charge in [-0.2, -0.15) is 0 Å². The fourth-order valence-electron chi connectivity index (χ4n) is 2.37. The highest BCUT2D eigenvalue weighted by atomic mass is 16.5. The molecule has 0 radical (unpaired) electrons. The standard InChI is InChI=1S/C16H24N2O/c1-3-4-11-19-12-10-18-9-8-14-6-5-7-15(13-17-2)16(14)18/h5-9,17H,3-4,10-13H2,1-2H3. The summed E-state index contributed by atoms with van der Waals surface area (Å²) in [5.74, 6) is 0. The van der Waals surface area contributed by atoms with Crippen molar-refractivity contribution in [2.24, 2.45) is 0 Å². The van der Waals surface area contributed by atoms with Crippen LogP contribution in [0.1, 0.15) is 25.3 Å². The highest BCUT2D eigenvalue weighted by molar-refractivity contribution is 5.83. The molecule has 104 valence electrons. The molecule has 0 saturated heterocycles. The molecule has 0 bridgehead atoms. The summed E-state index contributed by atoms with van der Waals surface area (Å²) in [6.45, 7) is 5.68. The lowest BCUT2D eigenvalue weighted by molar-refractivity contribution is 0.124. The van der Waals surface area contributed by atoms with E-state index in [-0.39, 0.29) is 0 Å². The molecule has 0 aliphatic heterocycles. The minimum Gasteiger partial charge on any atom is -0.380 e. The summed E-state index contributed by atoms with van der Waals surface area (Å²) < 4.78 is 7.96. The van der Waals surface area contributed by atoms with Crippen molar-refractivity contribution in [3.05, 3.63) is 36.0 Å². The molecule has 0 fully saturated rings. The first-order valence-electron chi connectivity index (χ1n) is 7.16. The van der Waals surface area contributed by atoms with Gasteiger partial charge in [0, 0.05) is 25.9 Å². The molecule has 0 saturated carbocycles. The predicted octanol–water partition coefficient (Wildman–Crippen LogP) is 3.18. The first kappa shape index (κ1) is 14.1. The van der Waals surface area contributed by atoms with Crippen LogP contribution < -0.4 is 5.32 Å². The lowest BCUT2D eigenvalue weighted by Gasteiger charge is -2.10. The normalized spacial score (nSPS) is 11.3. The van der Waals surface area contributed by atoms with Crippen LogP contribution in [0.15, 0.2) is 30.5 Å². The predicted molar refractivity (Wildman–Crippen MR) is 80.4 cm³/mol. The Hall–Kier alpha value is -1.32. The number of nitrogens with zero attached hydrogens (tertiary/aromatic N) is 1. The van der Waals surface area contributed by atoms with Gasteiger partial charge in [0.05, 0.1) is 12.1 Å². The molecule has 2 aromatic rings. The van der Waals surface area contributed by atoms with E-state index < -0.39 is 0 Å². The number of para-hydroxylation sites is 1. The quantitative estimate of drug-likeness (QED) is 0.738. The van der Waals surface area contributed by atoms with E-state index in [0.29, 0.717) is 0 Å². The van der Waals surface area contributed by atoms with Gasteiger partial charge in [-0.05, 0) is 30.5 Å². The molecule has 3 heteroatoms. The van der Waals surface area contributed by atoms with Crippen molar-refractivity contribution >= 4 is 10.9 Å². The van der Waals surface area contributed by atoms with Gasteiger partial charge in [0.2, 0.25) is 0 Å². The van der Waals surface area contributed by atoms with Crippen LogP contribution in [0.2, 0.25) is 0 Å². The van der Waals surface area contributed by atoms with Gasteiger partial charge in [-0.15, -0.1) is 0 Å². The second-order valence-corrected chi connectivity index (χ2v) is 4.86. The zero-order valence-electron chi connectivity index (χ0n) is 12.0. The minimum absolute atomic E-state index is 0.789. The van der Waals surface area contributed by atoms with Gasteiger partial charge in [-0.25, -0.2) is 0 Å². The third-order valence-corrected chi connectivity index (χ3v) is 3.36. The van der Waals surface area contributed by atoms with Crippen LogP contribution in [0.25, 0.3) is 10.9 Å². The number of benzene rings is 1. The second kappa shape index (κ2) is 7.31. The lowest BCUT2D eigenvalue weighted by atomic mass is 10.1. The maximum Gasteiger partial charge on any atom is 0.0645 e. The Bertz CT molecular complexity index is 504. The highest BCUT2D eigenvalue weighted by Gasteiger charge is 2.05. The Labute approximate surface area is 115 Å². The monoisotopic (exact) mass is 260 g/mol. The molecule has 0 unspecified atom stereocenters. The van der Waals surface area contributed by atoms with Crippen molar-refractivity contribution in [3.63, 3.8) is 0 Å². The molecule has 0 atom stereocenters. The number of rotatable bonds is 8. The van der Waals surface area contributed by atoms with Crippen LogP contribution in [0.5, 0.6) is 0 Å². The van der Waals surface area contributed by atoms with Crippen molar-refractivity contribution < 1.29 is 4.74 Å². The van der Waals surface area contributed by atoms with E-state index in [1.807, 2.05) is 7.05 Å². The summed E-state index contributed by atoms with van der Waals surface area (Å²) in [6, 6.07) is 8.66. The Kier molecular flexibility index (Phi) is 5.43. The molecular formula is C16H24N2O. The number of ether oxygens (including phenoxy) is 1. The van der Waals surface area contributed by atoms with Crippen molar-refractivity contribution in [1.29, 1.82) is 0 Å². The van der Waals surface area contributed by atoms with Gasteiger partial charge in [0.15, 0.2) is 0 Å². The first-order chi connectivity index (χ1) is 9.36. The van der Waals surface area contributed by atoms with E-state index in [1.165, 1.54) is 22.9 Å². The van der Waals surface area contributed by atoms with Crippen molar-refractivity contribution in [1.82, 2.24) is 9.88 Å². The molecule has 3 nitrogen and oxygen atoms in total. The number of hydrogen-bond donors (Lipinski definition) is 1. The van der Waals surface area contributed by atoms with Crippen LogP contribution in [0, 0.1) is 0 Å². The Morgan fingerprint density at radius 2 is 2.11 bits per heavy atom. The smallest absolute Gasteiger partial charge is 0.0645 e. The average Bonchev–Trinajstić information content (AvgIpc) is 2.83. The van der Waals surface area contributed by atoms with Crippen LogP contribution in [-0.2, 0) is 17.8 Å². The van der Waals surface area contributed by atoms with Gasteiger partial charge in [-0.3, -0.25) is 0 Å². The van der Waals surface area contributed by atoms with E-state index in [2.05, 4.69) is 47.3 Å². The van der Waals surface area contributed by atoms with Crippen LogP contribution in [0.3, 0.4) is 0 Å². The highest BCUT2D eigenvalue weighted by Crippen LogP contribution is 2.20.